The summed E-state index contributed by atoms with van der Waals surface area (Å²) in [5, 5.41) is 30.0. The Morgan fingerprint density at radius 3 is 2.52 bits per heavy atom. The lowest BCUT2D eigenvalue weighted by Crippen LogP contribution is -2.19. The molecule has 2 atom stereocenters. The SMILES string of the molecule is CCCCCCC(C)(C)c1ccc(C2C=C(O)CC[C@H]2CCCO)c(O)c1. The minimum atomic E-state index is 0.0204. The van der Waals surface area contributed by atoms with E-state index in [1.54, 1.807) is 0 Å². The first-order chi connectivity index (χ1) is 12.9. The largest absolute Gasteiger partial charge is 0.513 e. The van der Waals surface area contributed by atoms with Crippen LogP contribution < -0.4 is 0 Å². The van der Waals surface area contributed by atoms with Gasteiger partial charge in [-0.2, -0.15) is 0 Å². The molecule has 3 N–H and O–H groups in total. The molecule has 0 bridgehead atoms. The van der Waals surface area contributed by atoms with Crippen molar-refractivity contribution in [1.29, 1.82) is 0 Å². The fourth-order valence-electron chi connectivity index (χ4n) is 4.35. The number of allylic oxidation sites excluding steroid dienone is 2. The van der Waals surface area contributed by atoms with Crippen molar-refractivity contribution in [2.24, 2.45) is 5.92 Å². The van der Waals surface area contributed by atoms with Gasteiger partial charge in [-0.25, -0.2) is 0 Å². The van der Waals surface area contributed by atoms with E-state index in [-0.39, 0.29) is 17.9 Å². The highest BCUT2D eigenvalue weighted by molar-refractivity contribution is 5.43. The van der Waals surface area contributed by atoms with Crippen LogP contribution in [0.4, 0.5) is 0 Å². The third-order valence-electron chi connectivity index (χ3n) is 6.21. The lowest BCUT2D eigenvalue weighted by atomic mass is 9.74. The molecule has 152 valence electrons. The number of unbranched alkanes of at least 4 members (excludes halogenated alkanes) is 3. The molecule has 0 aliphatic heterocycles. The maximum Gasteiger partial charge on any atom is 0.119 e. The van der Waals surface area contributed by atoms with E-state index in [1.165, 1.54) is 31.2 Å². The molecule has 0 heterocycles. The zero-order chi connectivity index (χ0) is 19.9. The molecule has 0 radical (unpaired) electrons. The summed E-state index contributed by atoms with van der Waals surface area (Å²) in [6, 6.07) is 6.12. The number of aliphatic hydroxyl groups excluding tert-OH is 2. The van der Waals surface area contributed by atoms with Gasteiger partial charge in [0.2, 0.25) is 0 Å². The van der Waals surface area contributed by atoms with Gasteiger partial charge < -0.3 is 15.3 Å². The topological polar surface area (TPSA) is 60.7 Å². The lowest BCUT2D eigenvalue weighted by Gasteiger charge is -2.31. The van der Waals surface area contributed by atoms with Gasteiger partial charge in [-0.1, -0.05) is 58.6 Å². The summed E-state index contributed by atoms with van der Waals surface area (Å²) < 4.78 is 0. The van der Waals surface area contributed by atoms with Gasteiger partial charge in [-0.3, -0.25) is 0 Å². The number of phenolic OH excluding ortho intramolecular Hbond substituents is 1. The second-order valence-corrected chi connectivity index (χ2v) is 8.82. The maximum absolute atomic E-state index is 10.8. The van der Waals surface area contributed by atoms with Crippen LogP contribution in [-0.2, 0) is 5.41 Å². The summed E-state index contributed by atoms with van der Waals surface area (Å²) in [6.07, 6.45) is 11.3. The molecule has 1 aromatic carbocycles. The minimum Gasteiger partial charge on any atom is -0.513 e. The zero-order valence-electron chi connectivity index (χ0n) is 17.4. The van der Waals surface area contributed by atoms with Crippen LogP contribution in [0.3, 0.4) is 0 Å². The Labute approximate surface area is 165 Å². The lowest BCUT2D eigenvalue weighted by molar-refractivity contribution is 0.251. The van der Waals surface area contributed by atoms with Gasteiger partial charge in [-0.15, -0.1) is 0 Å². The van der Waals surface area contributed by atoms with Crippen molar-refractivity contribution in [1.82, 2.24) is 0 Å². The third-order valence-corrected chi connectivity index (χ3v) is 6.21. The smallest absolute Gasteiger partial charge is 0.119 e. The van der Waals surface area contributed by atoms with Crippen molar-refractivity contribution in [3.63, 3.8) is 0 Å². The zero-order valence-corrected chi connectivity index (χ0v) is 17.4. The van der Waals surface area contributed by atoms with Gasteiger partial charge in [0.15, 0.2) is 0 Å². The Morgan fingerprint density at radius 1 is 1.07 bits per heavy atom. The molecule has 0 aromatic heterocycles. The molecule has 0 spiro atoms. The van der Waals surface area contributed by atoms with Gasteiger partial charge in [0, 0.05) is 24.5 Å². The fraction of sp³-hybridized carbons (Fsp3) is 0.667. The molecule has 1 aromatic rings. The van der Waals surface area contributed by atoms with Crippen LogP contribution in [0.15, 0.2) is 30.0 Å². The first kappa shape index (κ1) is 21.8. The van der Waals surface area contributed by atoms with Crippen molar-refractivity contribution >= 4 is 0 Å². The Hall–Kier alpha value is -1.48. The van der Waals surface area contributed by atoms with Gasteiger partial charge in [0.05, 0.1) is 5.76 Å². The van der Waals surface area contributed by atoms with Crippen LogP contribution in [0, 0.1) is 5.92 Å². The number of phenols is 1. The molecule has 1 unspecified atom stereocenters. The highest BCUT2D eigenvalue weighted by Gasteiger charge is 2.29. The average Bonchev–Trinajstić information content (AvgIpc) is 2.64. The quantitative estimate of drug-likeness (QED) is 0.418. The molecule has 0 saturated heterocycles. The summed E-state index contributed by atoms with van der Waals surface area (Å²) in [7, 11) is 0. The Morgan fingerprint density at radius 2 is 1.85 bits per heavy atom. The summed E-state index contributed by atoms with van der Waals surface area (Å²) in [5.41, 5.74) is 2.12. The Bertz CT molecular complexity index is 618. The highest BCUT2D eigenvalue weighted by Crippen LogP contribution is 2.43. The number of benzene rings is 1. The van der Waals surface area contributed by atoms with E-state index in [0.717, 1.165) is 31.2 Å². The van der Waals surface area contributed by atoms with Gasteiger partial charge in [0.25, 0.3) is 0 Å². The molecule has 27 heavy (non-hydrogen) atoms. The summed E-state index contributed by atoms with van der Waals surface area (Å²) in [5.74, 6) is 1.12. The van der Waals surface area contributed by atoms with Crippen LogP contribution in [0.5, 0.6) is 5.75 Å². The normalized spacial score (nSPS) is 20.5. The van der Waals surface area contributed by atoms with E-state index < -0.39 is 0 Å². The summed E-state index contributed by atoms with van der Waals surface area (Å²) in [4.78, 5) is 0. The van der Waals surface area contributed by atoms with E-state index in [2.05, 4.69) is 26.8 Å². The molecule has 0 fully saturated rings. The van der Waals surface area contributed by atoms with Crippen LogP contribution in [-0.4, -0.2) is 21.9 Å². The van der Waals surface area contributed by atoms with Gasteiger partial charge >= 0.3 is 0 Å². The summed E-state index contributed by atoms with van der Waals surface area (Å²) >= 11 is 0. The molecule has 3 heteroatoms. The van der Waals surface area contributed by atoms with Crippen LogP contribution in [0.2, 0.25) is 0 Å². The average molecular weight is 375 g/mol. The van der Waals surface area contributed by atoms with E-state index in [0.29, 0.717) is 23.8 Å². The van der Waals surface area contributed by atoms with Crippen molar-refractivity contribution in [2.75, 3.05) is 6.61 Å². The number of aliphatic hydroxyl groups is 2. The van der Waals surface area contributed by atoms with E-state index >= 15 is 0 Å². The number of hydrogen-bond acceptors (Lipinski definition) is 3. The van der Waals surface area contributed by atoms with E-state index in [9.17, 15) is 15.3 Å². The molecule has 1 aliphatic rings. The minimum absolute atomic E-state index is 0.0204. The van der Waals surface area contributed by atoms with Crippen LogP contribution in [0.25, 0.3) is 0 Å². The standard InChI is InChI=1S/C24H38O3/c1-4-5-6-7-14-24(2,3)19-11-13-21(23(27)16-19)22-17-20(26)12-10-18(22)9-8-15-25/h11,13,16-18,22,25-27H,4-10,12,14-15H2,1-3H3/t18-,22?/m1/s1. The molecule has 2 rings (SSSR count). The van der Waals surface area contributed by atoms with Crippen molar-refractivity contribution in [3.8, 4) is 5.75 Å². The predicted octanol–water partition coefficient (Wildman–Crippen LogP) is 6.35. The van der Waals surface area contributed by atoms with E-state index in [4.69, 9.17) is 0 Å². The van der Waals surface area contributed by atoms with Crippen LogP contribution >= 0.6 is 0 Å². The first-order valence-electron chi connectivity index (χ1n) is 10.7. The number of hydrogen-bond donors (Lipinski definition) is 3. The first-order valence-corrected chi connectivity index (χ1v) is 10.7. The van der Waals surface area contributed by atoms with Crippen LogP contribution in [0.1, 0.15) is 95.6 Å². The van der Waals surface area contributed by atoms with Crippen molar-refractivity contribution < 1.29 is 15.3 Å². The molecular formula is C24H38O3. The van der Waals surface area contributed by atoms with E-state index in [1.807, 2.05) is 18.2 Å². The second-order valence-electron chi connectivity index (χ2n) is 8.82. The third kappa shape index (κ3) is 6.00. The molecule has 0 saturated carbocycles. The van der Waals surface area contributed by atoms with Gasteiger partial charge in [0.1, 0.15) is 5.75 Å². The molecule has 0 amide bonds. The molecule has 3 nitrogen and oxygen atoms in total. The summed E-state index contributed by atoms with van der Waals surface area (Å²) in [6.45, 7) is 6.93. The second kappa shape index (κ2) is 10.2. The predicted molar refractivity (Wildman–Crippen MR) is 112 cm³/mol. The monoisotopic (exact) mass is 374 g/mol. The Kier molecular flexibility index (Phi) is 8.22. The van der Waals surface area contributed by atoms with Crippen molar-refractivity contribution in [3.05, 3.63) is 41.2 Å². The Balaban J connectivity index is 2.17. The molecular weight excluding hydrogens is 336 g/mol. The maximum atomic E-state index is 10.8. The number of rotatable bonds is 10. The highest BCUT2D eigenvalue weighted by atomic mass is 16.3. The van der Waals surface area contributed by atoms with Crippen molar-refractivity contribution in [2.45, 2.75) is 89.9 Å². The number of aromatic hydroxyl groups is 1. The molecule has 1 aliphatic carbocycles. The fourth-order valence-corrected chi connectivity index (χ4v) is 4.35. The van der Waals surface area contributed by atoms with Gasteiger partial charge in [-0.05, 0) is 54.7 Å².